The van der Waals surface area contributed by atoms with Gasteiger partial charge < -0.3 is 4.90 Å². The highest BCUT2D eigenvalue weighted by Crippen LogP contribution is 2.07. The van der Waals surface area contributed by atoms with E-state index in [1.165, 1.54) is 32.0 Å². The predicted octanol–water partition coefficient (Wildman–Crippen LogP) is 2.37. The quantitative estimate of drug-likeness (QED) is 0.519. The lowest BCUT2D eigenvalue weighted by atomic mass is 10.3. The molecule has 0 aromatic heterocycles. The van der Waals surface area contributed by atoms with Crippen molar-refractivity contribution in [3.63, 3.8) is 0 Å². The fraction of sp³-hybridized carbons (Fsp3) is 0.417. The number of benzene rings is 1. The maximum absolute atomic E-state index is 9.68. The molecule has 1 aromatic rings. The van der Waals surface area contributed by atoms with Crippen LogP contribution in [0.25, 0.3) is 0 Å². The van der Waals surface area contributed by atoms with Gasteiger partial charge in [0.05, 0.1) is 5.69 Å². The molecular weight excluding hydrogens is 188 g/mol. The van der Waals surface area contributed by atoms with Crippen molar-refractivity contribution in [2.24, 2.45) is 4.99 Å². The van der Waals surface area contributed by atoms with Crippen LogP contribution in [0, 0.1) is 0 Å². The van der Waals surface area contributed by atoms with Gasteiger partial charge in [-0.1, -0.05) is 18.2 Å². The summed E-state index contributed by atoms with van der Waals surface area (Å²) >= 11 is 0. The van der Waals surface area contributed by atoms with E-state index in [2.05, 4.69) is 16.9 Å². The first-order valence-electron chi connectivity index (χ1n) is 5.14. The first kappa shape index (κ1) is 11.6. The molecule has 0 bridgehead atoms. The van der Waals surface area contributed by atoms with E-state index in [-0.39, 0.29) is 0 Å². The zero-order chi connectivity index (χ0) is 10.9. The van der Waals surface area contributed by atoms with Gasteiger partial charge in [0, 0.05) is 0 Å². The molecule has 1 aliphatic rings. The summed E-state index contributed by atoms with van der Waals surface area (Å²) in [6.45, 7) is 2.64. The summed E-state index contributed by atoms with van der Waals surface area (Å²) in [5.41, 5.74) is 0.646. The van der Waals surface area contributed by atoms with Crippen molar-refractivity contribution < 1.29 is 4.79 Å². The van der Waals surface area contributed by atoms with Crippen molar-refractivity contribution in [1.82, 2.24) is 4.90 Å². The van der Waals surface area contributed by atoms with Crippen molar-refractivity contribution in [1.29, 1.82) is 0 Å². The van der Waals surface area contributed by atoms with Crippen LogP contribution >= 0.6 is 0 Å². The van der Waals surface area contributed by atoms with Crippen LogP contribution in [0.3, 0.4) is 0 Å². The van der Waals surface area contributed by atoms with Gasteiger partial charge >= 0.3 is 0 Å². The summed E-state index contributed by atoms with van der Waals surface area (Å²) in [7, 11) is 2.17. The predicted molar refractivity (Wildman–Crippen MR) is 61.0 cm³/mol. The van der Waals surface area contributed by atoms with Crippen molar-refractivity contribution in [3.8, 4) is 0 Å². The Kier molecular flexibility index (Phi) is 5.38. The van der Waals surface area contributed by atoms with E-state index >= 15 is 0 Å². The lowest BCUT2D eigenvalue weighted by Gasteiger charge is -2.01. The minimum atomic E-state index is 0.646. The minimum Gasteiger partial charge on any atom is -0.306 e. The number of hydrogen-bond acceptors (Lipinski definition) is 3. The van der Waals surface area contributed by atoms with E-state index in [0.29, 0.717) is 5.69 Å². The largest absolute Gasteiger partial charge is 0.306 e. The highest BCUT2D eigenvalue weighted by Gasteiger charge is 2.03. The van der Waals surface area contributed by atoms with Crippen LogP contribution in [0.2, 0.25) is 0 Å². The van der Waals surface area contributed by atoms with Gasteiger partial charge in [0.2, 0.25) is 6.08 Å². The van der Waals surface area contributed by atoms with Crippen LogP contribution in [-0.4, -0.2) is 31.1 Å². The second kappa shape index (κ2) is 6.93. The van der Waals surface area contributed by atoms with Gasteiger partial charge in [-0.15, -0.1) is 0 Å². The summed E-state index contributed by atoms with van der Waals surface area (Å²) in [6.07, 6.45) is 4.29. The molecule has 0 N–H and O–H groups in total. The van der Waals surface area contributed by atoms with Crippen LogP contribution < -0.4 is 0 Å². The topological polar surface area (TPSA) is 32.7 Å². The normalized spacial score (nSPS) is 15.0. The molecule has 0 atom stereocenters. The molecule has 1 heterocycles. The molecule has 0 spiro atoms. The Labute approximate surface area is 90.4 Å². The Morgan fingerprint density at radius 2 is 1.80 bits per heavy atom. The maximum atomic E-state index is 9.68. The molecule has 1 fully saturated rings. The summed E-state index contributed by atoms with van der Waals surface area (Å²) in [6, 6.07) is 8.98. The van der Waals surface area contributed by atoms with Crippen LogP contribution in [0.4, 0.5) is 5.69 Å². The highest BCUT2D eigenvalue weighted by atomic mass is 16.1. The third kappa shape index (κ3) is 5.11. The smallest absolute Gasteiger partial charge is 0.240 e. The Hall–Kier alpha value is -1.44. The van der Waals surface area contributed by atoms with Crippen molar-refractivity contribution in [2.75, 3.05) is 20.1 Å². The van der Waals surface area contributed by atoms with Gasteiger partial charge in [0.15, 0.2) is 0 Å². The van der Waals surface area contributed by atoms with Crippen molar-refractivity contribution in [3.05, 3.63) is 30.3 Å². The summed E-state index contributed by atoms with van der Waals surface area (Å²) in [4.78, 5) is 15.4. The molecule has 1 aliphatic heterocycles. The van der Waals surface area contributed by atoms with Crippen LogP contribution in [0.1, 0.15) is 12.8 Å². The van der Waals surface area contributed by atoms with E-state index < -0.39 is 0 Å². The Balaban J connectivity index is 0.000000162. The molecule has 2 rings (SSSR count). The van der Waals surface area contributed by atoms with Gasteiger partial charge in [0.1, 0.15) is 0 Å². The minimum absolute atomic E-state index is 0.646. The number of carbonyl (C=O) groups excluding carboxylic acids is 1. The maximum Gasteiger partial charge on any atom is 0.240 e. The molecule has 0 amide bonds. The fourth-order valence-corrected chi connectivity index (χ4v) is 1.43. The third-order valence-electron chi connectivity index (χ3n) is 2.26. The van der Waals surface area contributed by atoms with Crippen LogP contribution in [0.15, 0.2) is 35.3 Å². The van der Waals surface area contributed by atoms with Crippen LogP contribution in [0.5, 0.6) is 0 Å². The number of para-hydroxylation sites is 1. The molecule has 0 radical (unpaired) electrons. The first-order valence-corrected chi connectivity index (χ1v) is 5.14. The molecule has 80 valence electrons. The van der Waals surface area contributed by atoms with Crippen LogP contribution in [-0.2, 0) is 4.79 Å². The standard InChI is InChI=1S/C7H5NO.C5H11N/c9-6-8-7-4-2-1-3-5-7;1-6-4-2-3-5-6/h1-5H;2-5H2,1H3. The van der Waals surface area contributed by atoms with Crippen molar-refractivity contribution >= 4 is 11.8 Å². The molecular formula is C12H16N2O. The Bertz CT molecular complexity index is 312. The number of nitrogens with zero attached hydrogens (tertiary/aromatic N) is 2. The van der Waals surface area contributed by atoms with Gasteiger partial charge in [-0.25, -0.2) is 4.79 Å². The van der Waals surface area contributed by atoms with Gasteiger partial charge in [-0.2, -0.15) is 4.99 Å². The monoisotopic (exact) mass is 204 g/mol. The molecule has 0 aliphatic carbocycles. The lowest BCUT2D eigenvalue weighted by Crippen LogP contribution is -2.10. The van der Waals surface area contributed by atoms with E-state index in [9.17, 15) is 4.79 Å². The average Bonchev–Trinajstić information content (AvgIpc) is 2.72. The summed E-state index contributed by atoms with van der Waals surface area (Å²) < 4.78 is 0. The zero-order valence-electron chi connectivity index (χ0n) is 9.02. The number of aliphatic imine (C=N–C) groups is 1. The molecule has 3 nitrogen and oxygen atoms in total. The number of hydrogen-bond donors (Lipinski definition) is 0. The Morgan fingerprint density at radius 3 is 2.20 bits per heavy atom. The molecule has 3 heteroatoms. The molecule has 0 unspecified atom stereocenters. The first-order chi connectivity index (χ1) is 7.33. The van der Waals surface area contributed by atoms with Gasteiger partial charge in [-0.3, -0.25) is 0 Å². The van der Waals surface area contributed by atoms with E-state index in [4.69, 9.17) is 0 Å². The second-order valence-electron chi connectivity index (χ2n) is 3.55. The third-order valence-corrected chi connectivity index (χ3v) is 2.26. The molecule has 0 saturated carbocycles. The highest BCUT2D eigenvalue weighted by molar-refractivity contribution is 5.47. The molecule has 1 saturated heterocycles. The summed E-state index contributed by atoms with van der Waals surface area (Å²) in [5.74, 6) is 0. The molecule has 15 heavy (non-hydrogen) atoms. The number of isocyanates is 1. The average molecular weight is 204 g/mol. The lowest BCUT2D eigenvalue weighted by molar-refractivity contribution is 0.418. The number of rotatable bonds is 1. The Morgan fingerprint density at radius 1 is 1.20 bits per heavy atom. The second-order valence-corrected chi connectivity index (χ2v) is 3.55. The van der Waals surface area contributed by atoms with Crippen molar-refractivity contribution in [2.45, 2.75) is 12.8 Å². The van der Waals surface area contributed by atoms with E-state index in [1.54, 1.807) is 12.1 Å². The van der Waals surface area contributed by atoms with E-state index in [0.717, 1.165) is 0 Å². The molecule has 1 aromatic carbocycles. The zero-order valence-corrected chi connectivity index (χ0v) is 9.02. The fourth-order valence-electron chi connectivity index (χ4n) is 1.43. The number of likely N-dealkylation sites (tertiary alicyclic amines) is 1. The van der Waals surface area contributed by atoms with E-state index in [1.807, 2.05) is 18.2 Å². The SMILES string of the molecule is CN1CCCC1.O=C=Nc1ccccc1. The summed E-state index contributed by atoms with van der Waals surface area (Å²) in [5, 5.41) is 0. The van der Waals surface area contributed by atoms with Gasteiger partial charge in [-0.05, 0) is 45.1 Å². The van der Waals surface area contributed by atoms with Gasteiger partial charge in [0.25, 0.3) is 0 Å².